The Morgan fingerprint density at radius 3 is 1.44 bits per heavy atom. The van der Waals surface area contributed by atoms with Crippen LogP contribution >= 0.6 is 0 Å². The maximum Gasteiger partial charge on any atom is 0.0850 e. The molecule has 0 saturated heterocycles. The third-order valence-corrected chi connectivity index (χ3v) is 7.11. The van der Waals surface area contributed by atoms with Gasteiger partial charge in [0.1, 0.15) is 0 Å². The van der Waals surface area contributed by atoms with E-state index in [2.05, 4.69) is 64.1 Å². The fraction of sp³-hybridized carbons (Fsp3) is 0.531. The van der Waals surface area contributed by atoms with Gasteiger partial charge in [-0.05, 0) is 85.0 Å². The third-order valence-electron chi connectivity index (χ3n) is 7.11. The number of benzene rings is 3. The molecule has 172 valence electrons. The summed E-state index contributed by atoms with van der Waals surface area (Å²) in [6.45, 7) is 10.8. The van der Waals surface area contributed by atoms with Crippen LogP contribution in [0.3, 0.4) is 0 Å². The second-order valence-electron chi connectivity index (χ2n) is 9.94. The summed E-state index contributed by atoms with van der Waals surface area (Å²) in [5, 5.41) is 5.93. The van der Waals surface area contributed by atoms with E-state index in [9.17, 15) is 0 Å². The SMILES string of the molecule is [CH2+]CCCCCCCc1c(CCCCCCCC)c2cc(C)ccc2c2ccc(C)cc12. The minimum atomic E-state index is 1.08. The van der Waals surface area contributed by atoms with Crippen LogP contribution in [0.15, 0.2) is 36.4 Å². The first kappa shape index (κ1) is 24.7. The van der Waals surface area contributed by atoms with Gasteiger partial charge in [-0.3, -0.25) is 0 Å². The highest BCUT2D eigenvalue weighted by atomic mass is 14.2. The Morgan fingerprint density at radius 1 is 0.531 bits per heavy atom. The molecule has 0 saturated carbocycles. The van der Waals surface area contributed by atoms with E-state index in [0.29, 0.717) is 0 Å². The lowest BCUT2D eigenvalue weighted by molar-refractivity contribution is 0.603. The Hall–Kier alpha value is -1.95. The zero-order chi connectivity index (χ0) is 22.8. The average molecular weight is 430 g/mol. The van der Waals surface area contributed by atoms with E-state index in [4.69, 9.17) is 0 Å². The van der Waals surface area contributed by atoms with Crippen molar-refractivity contribution in [2.45, 2.75) is 111 Å². The van der Waals surface area contributed by atoms with Crippen molar-refractivity contribution in [2.24, 2.45) is 0 Å². The largest absolute Gasteiger partial charge is 0.0850 e. The smallest absolute Gasteiger partial charge is 0.0654 e. The molecular formula is C32H45+. The number of hydrogen-bond acceptors (Lipinski definition) is 0. The first-order chi connectivity index (χ1) is 15.7. The lowest BCUT2D eigenvalue weighted by Crippen LogP contribution is -2.00. The van der Waals surface area contributed by atoms with Gasteiger partial charge in [0, 0.05) is 0 Å². The molecule has 0 aromatic heterocycles. The fourth-order valence-corrected chi connectivity index (χ4v) is 5.27. The molecule has 0 bridgehead atoms. The topological polar surface area (TPSA) is 0 Å². The van der Waals surface area contributed by atoms with Crippen molar-refractivity contribution in [3.05, 3.63) is 65.6 Å². The molecule has 0 N–H and O–H groups in total. The van der Waals surface area contributed by atoms with Crippen LogP contribution in [0.4, 0.5) is 0 Å². The third kappa shape index (κ3) is 6.53. The number of fused-ring (bicyclic) bond motifs is 3. The zero-order valence-corrected chi connectivity index (χ0v) is 21.1. The van der Waals surface area contributed by atoms with Crippen LogP contribution in [0, 0.1) is 20.8 Å². The summed E-state index contributed by atoms with van der Waals surface area (Å²) in [6.07, 6.45) is 18.3. The van der Waals surface area contributed by atoms with Gasteiger partial charge in [-0.15, -0.1) is 0 Å². The molecule has 0 aliphatic heterocycles. The first-order valence-electron chi connectivity index (χ1n) is 13.4. The molecule has 0 radical (unpaired) electrons. The van der Waals surface area contributed by atoms with Gasteiger partial charge in [-0.25, -0.2) is 0 Å². The van der Waals surface area contributed by atoms with Crippen molar-refractivity contribution in [3.8, 4) is 0 Å². The Labute approximate surface area is 197 Å². The minimum absolute atomic E-state index is 1.08. The quantitative estimate of drug-likeness (QED) is 0.136. The van der Waals surface area contributed by atoms with Crippen LogP contribution in [0.25, 0.3) is 21.5 Å². The second-order valence-corrected chi connectivity index (χ2v) is 9.94. The summed E-state index contributed by atoms with van der Waals surface area (Å²) in [7, 11) is 0. The van der Waals surface area contributed by atoms with E-state index in [1.165, 1.54) is 116 Å². The lowest BCUT2D eigenvalue weighted by Gasteiger charge is -2.19. The molecule has 3 rings (SSSR count). The molecule has 0 atom stereocenters. The van der Waals surface area contributed by atoms with Crippen LogP contribution in [-0.2, 0) is 12.8 Å². The standard InChI is InChI=1S/C32H45/c1-5-7-9-11-13-15-17-27-28(18-16-14-12-10-8-6-2)32-24-26(4)20-22-30(32)29-21-19-25(3)23-31(27)29/h19-24H,1,5-18H2,2-4H3/q+1. The molecule has 0 aliphatic carbocycles. The maximum absolute atomic E-state index is 3.99. The average Bonchev–Trinajstić information content (AvgIpc) is 2.79. The van der Waals surface area contributed by atoms with Crippen molar-refractivity contribution in [3.63, 3.8) is 0 Å². The molecule has 0 nitrogen and oxygen atoms in total. The summed E-state index contributed by atoms with van der Waals surface area (Å²) in [4.78, 5) is 0. The number of rotatable bonds is 14. The highest BCUT2D eigenvalue weighted by Gasteiger charge is 2.15. The molecule has 0 amide bonds. The predicted octanol–water partition coefficient (Wildman–Crippen LogP) is 10.2. The van der Waals surface area contributed by atoms with Crippen LogP contribution in [0.2, 0.25) is 0 Å². The monoisotopic (exact) mass is 429 g/mol. The Morgan fingerprint density at radius 2 is 0.969 bits per heavy atom. The molecule has 0 heterocycles. The minimum Gasteiger partial charge on any atom is -0.0654 e. The summed E-state index contributed by atoms with van der Waals surface area (Å²) >= 11 is 0. The van der Waals surface area contributed by atoms with Crippen molar-refractivity contribution in [1.29, 1.82) is 0 Å². The van der Waals surface area contributed by atoms with Crippen molar-refractivity contribution in [2.75, 3.05) is 0 Å². The highest BCUT2D eigenvalue weighted by molar-refractivity contribution is 6.11. The van der Waals surface area contributed by atoms with E-state index < -0.39 is 0 Å². The van der Waals surface area contributed by atoms with E-state index in [1.807, 2.05) is 0 Å². The van der Waals surface area contributed by atoms with Crippen molar-refractivity contribution < 1.29 is 0 Å². The van der Waals surface area contributed by atoms with Gasteiger partial charge >= 0.3 is 0 Å². The van der Waals surface area contributed by atoms with E-state index in [1.54, 1.807) is 11.1 Å². The van der Waals surface area contributed by atoms with Crippen LogP contribution < -0.4 is 0 Å². The maximum atomic E-state index is 3.99. The van der Waals surface area contributed by atoms with Gasteiger partial charge in [0.15, 0.2) is 0 Å². The first-order valence-corrected chi connectivity index (χ1v) is 13.4. The van der Waals surface area contributed by atoms with Crippen molar-refractivity contribution in [1.82, 2.24) is 0 Å². The Kier molecular flexibility index (Phi) is 9.97. The van der Waals surface area contributed by atoms with Gasteiger partial charge in [0.05, 0.1) is 13.3 Å². The Bertz CT molecular complexity index is 898. The number of aryl methyl sites for hydroxylation is 4. The van der Waals surface area contributed by atoms with Gasteiger partial charge in [0.25, 0.3) is 0 Å². The normalized spacial score (nSPS) is 11.6. The fourth-order valence-electron chi connectivity index (χ4n) is 5.27. The van der Waals surface area contributed by atoms with Crippen LogP contribution in [0.1, 0.15) is 106 Å². The summed E-state index contributed by atoms with van der Waals surface area (Å²) in [5.74, 6) is 0. The molecule has 0 unspecified atom stereocenters. The summed E-state index contributed by atoms with van der Waals surface area (Å²) in [6, 6.07) is 14.2. The van der Waals surface area contributed by atoms with E-state index >= 15 is 0 Å². The van der Waals surface area contributed by atoms with Crippen LogP contribution in [0.5, 0.6) is 0 Å². The molecule has 0 heteroatoms. The van der Waals surface area contributed by atoms with Gasteiger partial charge < -0.3 is 0 Å². The second kappa shape index (κ2) is 12.9. The summed E-state index contributed by atoms with van der Waals surface area (Å²) in [5.41, 5.74) is 6.06. The van der Waals surface area contributed by atoms with Crippen LogP contribution in [-0.4, -0.2) is 0 Å². The molecule has 0 aliphatic rings. The van der Waals surface area contributed by atoms with Gasteiger partial charge in [0.2, 0.25) is 0 Å². The molecule has 0 fully saturated rings. The Balaban J connectivity index is 1.93. The summed E-state index contributed by atoms with van der Waals surface area (Å²) < 4.78 is 0. The molecule has 3 aromatic rings. The van der Waals surface area contributed by atoms with Gasteiger partial charge in [-0.1, -0.05) is 99.4 Å². The highest BCUT2D eigenvalue weighted by Crippen LogP contribution is 2.36. The zero-order valence-electron chi connectivity index (χ0n) is 21.1. The van der Waals surface area contributed by atoms with Crippen molar-refractivity contribution >= 4 is 21.5 Å². The molecule has 0 spiro atoms. The van der Waals surface area contributed by atoms with E-state index in [-0.39, 0.29) is 0 Å². The number of hydrogen-bond donors (Lipinski definition) is 0. The van der Waals surface area contributed by atoms with E-state index in [0.717, 1.165) is 6.42 Å². The molecule has 32 heavy (non-hydrogen) atoms. The predicted molar refractivity (Wildman–Crippen MR) is 145 cm³/mol. The lowest BCUT2D eigenvalue weighted by atomic mass is 9.85. The molecular weight excluding hydrogens is 384 g/mol. The number of unbranched alkanes of at least 4 members (excludes halogenated alkanes) is 10. The molecule has 3 aromatic carbocycles. The van der Waals surface area contributed by atoms with Gasteiger partial charge in [-0.2, -0.15) is 0 Å².